The van der Waals surface area contributed by atoms with Gasteiger partial charge in [-0.05, 0) is 93.8 Å². The van der Waals surface area contributed by atoms with Crippen LogP contribution in [0.25, 0.3) is 0 Å². The molecule has 30 heavy (non-hydrogen) atoms. The SMILES string of the molecule is CCOC(C)CC1C(CC)CCC2C1CCC1(C)C(C(=O)Cn3nccn3)CCC21. The summed E-state index contributed by atoms with van der Waals surface area (Å²) in [5.41, 5.74) is 0.167. The van der Waals surface area contributed by atoms with Gasteiger partial charge in [-0.3, -0.25) is 4.79 Å². The van der Waals surface area contributed by atoms with E-state index in [0.29, 0.717) is 24.3 Å². The van der Waals surface area contributed by atoms with Crippen molar-refractivity contribution in [3.8, 4) is 0 Å². The van der Waals surface area contributed by atoms with E-state index in [1.165, 1.54) is 44.9 Å². The van der Waals surface area contributed by atoms with Gasteiger partial charge in [0.2, 0.25) is 0 Å². The number of carbonyl (C=O) groups is 1. The summed E-state index contributed by atoms with van der Waals surface area (Å²) >= 11 is 0. The van der Waals surface area contributed by atoms with E-state index in [-0.39, 0.29) is 11.3 Å². The molecule has 0 amide bonds. The molecular weight excluding hydrogens is 374 g/mol. The number of Topliss-reactive ketones (excluding diaryl/α,β-unsaturated/α-hetero) is 1. The number of nitrogens with zero attached hydrogens (tertiary/aromatic N) is 3. The molecule has 0 radical (unpaired) electrons. The Balaban J connectivity index is 1.49. The van der Waals surface area contributed by atoms with Crippen LogP contribution in [0, 0.1) is 40.9 Å². The Morgan fingerprint density at radius 1 is 1.13 bits per heavy atom. The van der Waals surface area contributed by atoms with Crippen molar-refractivity contribution in [3.05, 3.63) is 12.4 Å². The molecule has 1 heterocycles. The summed E-state index contributed by atoms with van der Waals surface area (Å²) in [5.74, 6) is 4.50. The molecule has 8 atom stereocenters. The van der Waals surface area contributed by atoms with Crippen molar-refractivity contribution < 1.29 is 9.53 Å². The third-order valence-corrected chi connectivity index (χ3v) is 9.25. The number of hydrogen-bond acceptors (Lipinski definition) is 4. The Bertz CT molecular complexity index is 705. The second kappa shape index (κ2) is 9.10. The van der Waals surface area contributed by atoms with Crippen LogP contribution in [0.15, 0.2) is 12.4 Å². The average Bonchev–Trinajstić information content (AvgIpc) is 3.35. The molecular formula is C25H41N3O2. The van der Waals surface area contributed by atoms with Crippen molar-refractivity contribution in [3.63, 3.8) is 0 Å². The highest BCUT2D eigenvalue weighted by atomic mass is 16.5. The third-order valence-electron chi connectivity index (χ3n) is 9.25. The van der Waals surface area contributed by atoms with Gasteiger partial charge in [-0.2, -0.15) is 15.0 Å². The Kier molecular flexibility index (Phi) is 6.67. The van der Waals surface area contributed by atoms with Gasteiger partial charge in [-0.1, -0.05) is 20.3 Å². The number of rotatable bonds is 8. The first-order valence-corrected chi connectivity index (χ1v) is 12.5. The molecule has 0 bridgehead atoms. The minimum absolute atomic E-state index is 0.167. The van der Waals surface area contributed by atoms with E-state index in [0.717, 1.165) is 36.7 Å². The summed E-state index contributed by atoms with van der Waals surface area (Å²) in [7, 11) is 0. The van der Waals surface area contributed by atoms with Crippen LogP contribution in [0.2, 0.25) is 0 Å². The smallest absolute Gasteiger partial charge is 0.159 e. The average molecular weight is 416 g/mol. The van der Waals surface area contributed by atoms with Gasteiger partial charge in [0, 0.05) is 12.5 Å². The van der Waals surface area contributed by atoms with Crippen molar-refractivity contribution in [1.29, 1.82) is 0 Å². The molecule has 3 aliphatic carbocycles. The summed E-state index contributed by atoms with van der Waals surface area (Å²) in [6.07, 6.45) is 13.7. The summed E-state index contributed by atoms with van der Waals surface area (Å²) in [5, 5.41) is 8.33. The number of fused-ring (bicyclic) bond motifs is 3. The second-order valence-corrected chi connectivity index (χ2v) is 10.5. The van der Waals surface area contributed by atoms with Crippen LogP contribution in [-0.2, 0) is 16.1 Å². The normalized spacial score (nSPS) is 39.3. The van der Waals surface area contributed by atoms with E-state index < -0.39 is 0 Å². The van der Waals surface area contributed by atoms with Gasteiger partial charge in [0.1, 0.15) is 6.54 Å². The van der Waals surface area contributed by atoms with Crippen LogP contribution in [0.3, 0.4) is 0 Å². The molecule has 3 saturated carbocycles. The van der Waals surface area contributed by atoms with Crippen LogP contribution in [-0.4, -0.2) is 33.5 Å². The number of carbonyl (C=O) groups excluding carboxylic acids is 1. The van der Waals surface area contributed by atoms with E-state index in [1.54, 1.807) is 17.2 Å². The first kappa shape index (κ1) is 22.0. The molecule has 0 N–H and O–H groups in total. The Labute approximate surface area is 182 Å². The van der Waals surface area contributed by atoms with E-state index in [9.17, 15) is 4.79 Å². The first-order valence-electron chi connectivity index (χ1n) is 12.5. The summed E-state index contributed by atoms with van der Waals surface area (Å²) in [4.78, 5) is 14.8. The van der Waals surface area contributed by atoms with Crippen molar-refractivity contribution >= 4 is 5.78 Å². The predicted molar refractivity (Wildman–Crippen MR) is 118 cm³/mol. The largest absolute Gasteiger partial charge is 0.379 e. The second-order valence-electron chi connectivity index (χ2n) is 10.5. The highest BCUT2D eigenvalue weighted by Crippen LogP contribution is 2.63. The topological polar surface area (TPSA) is 57.0 Å². The van der Waals surface area contributed by atoms with Gasteiger partial charge in [-0.25, -0.2) is 0 Å². The van der Waals surface area contributed by atoms with Crippen LogP contribution in [0.4, 0.5) is 0 Å². The number of ketones is 1. The van der Waals surface area contributed by atoms with E-state index in [4.69, 9.17) is 4.74 Å². The molecule has 0 aromatic carbocycles. The summed E-state index contributed by atoms with van der Waals surface area (Å²) < 4.78 is 5.96. The van der Waals surface area contributed by atoms with Crippen molar-refractivity contribution in [2.45, 2.75) is 91.7 Å². The monoisotopic (exact) mass is 415 g/mol. The van der Waals surface area contributed by atoms with Gasteiger partial charge in [0.05, 0.1) is 18.5 Å². The predicted octanol–water partition coefficient (Wildman–Crippen LogP) is 5.16. The summed E-state index contributed by atoms with van der Waals surface area (Å²) in [6.45, 7) is 10.3. The van der Waals surface area contributed by atoms with Crippen molar-refractivity contribution in [1.82, 2.24) is 15.0 Å². The fourth-order valence-corrected chi connectivity index (χ4v) is 7.95. The molecule has 8 unspecified atom stereocenters. The number of ether oxygens (including phenoxy) is 1. The molecule has 0 saturated heterocycles. The standard InChI is InChI=1S/C25H41N3O2/c1-5-18-7-8-20-19(21(18)15-17(3)30-6-2)11-12-25(4)22(20)9-10-23(25)24(29)16-28-26-13-14-27-28/h13-14,17-23H,5-12,15-16H2,1-4H3. The molecule has 0 aliphatic heterocycles. The van der Waals surface area contributed by atoms with Crippen LogP contribution in [0.5, 0.6) is 0 Å². The molecule has 1 aromatic heterocycles. The highest BCUT2D eigenvalue weighted by Gasteiger charge is 2.57. The van der Waals surface area contributed by atoms with E-state index in [2.05, 4.69) is 37.9 Å². The van der Waals surface area contributed by atoms with E-state index >= 15 is 0 Å². The maximum absolute atomic E-state index is 13.2. The fourth-order valence-electron chi connectivity index (χ4n) is 7.95. The third kappa shape index (κ3) is 3.99. The lowest BCUT2D eigenvalue weighted by atomic mass is 9.50. The molecule has 4 rings (SSSR count). The van der Waals surface area contributed by atoms with Crippen molar-refractivity contribution in [2.24, 2.45) is 40.9 Å². The van der Waals surface area contributed by atoms with Gasteiger partial charge in [0.25, 0.3) is 0 Å². The number of aromatic nitrogens is 3. The molecule has 168 valence electrons. The molecule has 3 fully saturated rings. The van der Waals surface area contributed by atoms with Crippen molar-refractivity contribution in [2.75, 3.05) is 6.61 Å². The van der Waals surface area contributed by atoms with Gasteiger partial charge >= 0.3 is 0 Å². The maximum atomic E-state index is 13.2. The quantitative estimate of drug-likeness (QED) is 0.589. The number of hydrogen-bond donors (Lipinski definition) is 0. The maximum Gasteiger partial charge on any atom is 0.159 e. The zero-order valence-electron chi connectivity index (χ0n) is 19.4. The first-order chi connectivity index (χ1) is 14.5. The van der Waals surface area contributed by atoms with Crippen LogP contribution < -0.4 is 0 Å². The zero-order valence-corrected chi connectivity index (χ0v) is 19.4. The molecule has 3 aliphatic rings. The van der Waals surface area contributed by atoms with Gasteiger partial charge < -0.3 is 4.74 Å². The summed E-state index contributed by atoms with van der Waals surface area (Å²) in [6, 6.07) is 0. The minimum atomic E-state index is 0.167. The minimum Gasteiger partial charge on any atom is -0.379 e. The lowest BCUT2D eigenvalue weighted by molar-refractivity contribution is -0.131. The lowest BCUT2D eigenvalue weighted by Gasteiger charge is -2.55. The lowest BCUT2D eigenvalue weighted by Crippen LogP contribution is -2.49. The Hall–Kier alpha value is -1.23. The molecule has 0 spiro atoms. The Morgan fingerprint density at radius 3 is 2.60 bits per heavy atom. The molecule has 5 nitrogen and oxygen atoms in total. The van der Waals surface area contributed by atoms with Gasteiger partial charge in [0.15, 0.2) is 5.78 Å². The van der Waals surface area contributed by atoms with Gasteiger partial charge in [-0.15, -0.1) is 0 Å². The highest BCUT2D eigenvalue weighted by molar-refractivity contribution is 5.81. The Morgan fingerprint density at radius 2 is 1.90 bits per heavy atom. The molecule has 1 aromatic rings. The molecule has 5 heteroatoms. The van der Waals surface area contributed by atoms with Crippen LogP contribution in [0.1, 0.15) is 79.1 Å². The van der Waals surface area contributed by atoms with Crippen LogP contribution >= 0.6 is 0 Å². The fraction of sp³-hybridized carbons (Fsp3) is 0.880. The van der Waals surface area contributed by atoms with E-state index in [1.807, 2.05) is 0 Å². The zero-order chi connectivity index (χ0) is 21.3.